The summed E-state index contributed by atoms with van der Waals surface area (Å²) in [4.78, 5) is 0. The zero-order chi connectivity index (χ0) is 10.1. The Morgan fingerprint density at radius 2 is 2.21 bits per heavy atom. The van der Waals surface area contributed by atoms with E-state index in [2.05, 4.69) is 0 Å². The Morgan fingerprint density at radius 1 is 1.50 bits per heavy atom. The third-order valence-corrected chi connectivity index (χ3v) is 3.08. The van der Waals surface area contributed by atoms with Gasteiger partial charge in [-0.05, 0) is 42.5 Å². The van der Waals surface area contributed by atoms with Crippen molar-refractivity contribution in [1.29, 1.82) is 0 Å². The Morgan fingerprint density at radius 3 is 2.79 bits per heavy atom. The molecule has 2 rings (SSSR count). The molecule has 0 aliphatic heterocycles. The number of hydrogen-bond donors (Lipinski definition) is 1. The number of halogens is 1. The Bertz CT molecular complexity index is 331. The molecule has 1 aromatic carbocycles. The highest BCUT2D eigenvalue weighted by Crippen LogP contribution is 2.38. The molecule has 1 N–H and O–H groups in total. The molecule has 2 heteroatoms. The average Bonchev–Trinajstić information content (AvgIpc) is 2.87. The Kier molecular flexibility index (Phi) is 2.80. The number of hydrogen-bond acceptors (Lipinski definition) is 1. The first-order chi connectivity index (χ1) is 6.66. The van der Waals surface area contributed by atoms with Gasteiger partial charge in [0.2, 0.25) is 0 Å². The molecule has 0 aromatic heterocycles. The summed E-state index contributed by atoms with van der Waals surface area (Å²) in [6, 6.07) is 5.69. The Labute approximate surface area is 89.7 Å². The molecule has 0 radical (unpaired) electrons. The van der Waals surface area contributed by atoms with Gasteiger partial charge in [0.25, 0.3) is 0 Å². The fraction of sp³-hybridized carbons (Fsp3) is 0.500. The van der Waals surface area contributed by atoms with Gasteiger partial charge in [-0.2, -0.15) is 0 Å². The predicted octanol–water partition coefficient (Wildman–Crippen LogP) is 3.48. The fourth-order valence-electron chi connectivity index (χ4n) is 1.81. The summed E-state index contributed by atoms with van der Waals surface area (Å²) in [7, 11) is 0. The fourth-order valence-corrected chi connectivity index (χ4v) is 2.04. The standard InChI is InChI=1S/C12H15ClO/c1-8-6-10(13)4-5-11(8)12(14)7-9-2-3-9/h4-6,9,12,14H,2-3,7H2,1H3. The van der Waals surface area contributed by atoms with Crippen LogP contribution in [0.2, 0.25) is 5.02 Å². The maximum Gasteiger partial charge on any atom is 0.0795 e. The van der Waals surface area contributed by atoms with Crippen LogP contribution in [0.25, 0.3) is 0 Å². The van der Waals surface area contributed by atoms with Crippen molar-refractivity contribution < 1.29 is 5.11 Å². The summed E-state index contributed by atoms with van der Waals surface area (Å²) >= 11 is 5.86. The minimum Gasteiger partial charge on any atom is -0.388 e. The van der Waals surface area contributed by atoms with Gasteiger partial charge in [0.15, 0.2) is 0 Å². The van der Waals surface area contributed by atoms with Crippen molar-refractivity contribution in [2.45, 2.75) is 32.3 Å². The van der Waals surface area contributed by atoms with E-state index in [4.69, 9.17) is 11.6 Å². The van der Waals surface area contributed by atoms with Crippen LogP contribution < -0.4 is 0 Å². The third kappa shape index (κ3) is 2.28. The summed E-state index contributed by atoms with van der Waals surface area (Å²) in [5.74, 6) is 0.750. The number of aliphatic hydroxyl groups is 1. The summed E-state index contributed by atoms with van der Waals surface area (Å²) in [5.41, 5.74) is 2.12. The lowest BCUT2D eigenvalue weighted by molar-refractivity contribution is 0.159. The van der Waals surface area contributed by atoms with Gasteiger partial charge >= 0.3 is 0 Å². The topological polar surface area (TPSA) is 20.2 Å². The number of benzene rings is 1. The zero-order valence-corrected chi connectivity index (χ0v) is 9.09. The van der Waals surface area contributed by atoms with Gasteiger partial charge in [-0.1, -0.05) is 30.5 Å². The van der Waals surface area contributed by atoms with Crippen molar-refractivity contribution in [2.75, 3.05) is 0 Å². The van der Waals surface area contributed by atoms with Gasteiger partial charge < -0.3 is 5.11 Å². The predicted molar refractivity (Wildman–Crippen MR) is 58.5 cm³/mol. The SMILES string of the molecule is Cc1cc(Cl)ccc1C(O)CC1CC1. The van der Waals surface area contributed by atoms with E-state index in [-0.39, 0.29) is 6.10 Å². The second-order valence-corrected chi connectivity index (χ2v) is 4.63. The number of rotatable bonds is 3. The molecule has 1 fully saturated rings. The van der Waals surface area contributed by atoms with Crippen LogP contribution in [0, 0.1) is 12.8 Å². The molecule has 1 saturated carbocycles. The first kappa shape index (κ1) is 10.0. The second kappa shape index (κ2) is 3.92. The van der Waals surface area contributed by atoms with Crippen molar-refractivity contribution in [3.8, 4) is 0 Å². The molecular formula is C12H15ClO. The Balaban J connectivity index is 2.13. The lowest BCUT2D eigenvalue weighted by Gasteiger charge is -2.13. The van der Waals surface area contributed by atoms with Crippen molar-refractivity contribution >= 4 is 11.6 Å². The van der Waals surface area contributed by atoms with Crippen LogP contribution in [0.15, 0.2) is 18.2 Å². The molecule has 76 valence electrons. The van der Waals surface area contributed by atoms with E-state index in [0.717, 1.165) is 28.5 Å². The van der Waals surface area contributed by atoms with Crippen LogP contribution in [0.3, 0.4) is 0 Å². The quantitative estimate of drug-likeness (QED) is 0.810. The van der Waals surface area contributed by atoms with Gasteiger partial charge in [0.1, 0.15) is 0 Å². The molecule has 1 unspecified atom stereocenters. The highest BCUT2D eigenvalue weighted by atomic mass is 35.5. The van der Waals surface area contributed by atoms with Crippen LogP contribution in [0.5, 0.6) is 0 Å². The summed E-state index contributed by atoms with van der Waals surface area (Å²) in [6.07, 6.45) is 3.16. The molecule has 0 heterocycles. The van der Waals surface area contributed by atoms with Gasteiger partial charge in [0.05, 0.1) is 6.10 Å². The monoisotopic (exact) mass is 210 g/mol. The van der Waals surface area contributed by atoms with Crippen molar-refractivity contribution in [2.24, 2.45) is 5.92 Å². The summed E-state index contributed by atoms with van der Waals surface area (Å²) in [6.45, 7) is 2.00. The van der Waals surface area contributed by atoms with Crippen LogP contribution in [0.1, 0.15) is 36.5 Å². The smallest absolute Gasteiger partial charge is 0.0795 e. The van der Waals surface area contributed by atoms with Gasteiger partial charge in [-0.25, -0.2) is 0 Å². The maximum atomic E-state index is 9.96. The van der Waals surface area contributed by atoms with Gasteiger partial charge in [0, 0.05) is 5.02 Å². The molecule has 1 atom stereocenters. The molecule has 14 heavy (non-hydrogen) atoms. The van der Waals surface area contributed by atoms with E-state index >= 15 is 0 Å². The van der Waals surface area contributed by atoms with E-state index in [1.165, 1.54) is 12.8 Å². The molecule has 0 bridgehead atoms. The molecule has 1 aromatic rings. The summed E-state index contributed by atoms with van der Waals surface area (Å²) < 4.78 is 0. The molecule has 1 aliphatic rings. The van der Waals surface area contributed by atoms with E-state index in [0.29, 0.717) is 0 Å². The third-order valence-electron chi connectivity index (χ3n) is 2.84. The molecule has 0 spiro atoms. The van der Waals surface area contributed by atoms with Gasteiger partial charge in [-0.15, -0.1) is 0 Å². The van der Waals surface area contributed by atoms with E-state index in [9.17, 15) is 5.11 Å². The van der Waals surface area contributed by atoms with Crippen LogP contribution in [-0.4, -0.2) is 5.11 Å². The first-order valence-corrected chi connectivity index (χ1v) is 5.48. The minimum absolute atomic E-state index is 0.306. The van der Waals surface area contributed by atoms with Crippen molar-refractivity contribution in [3.63, 3.8) is 0 Å². The van der Waals surface area contributed by atoms with Gasteiger partial charge in [-0.3, -0.25) is 0 Å². The molecular weight excluding hydrogens is 196 g/mol. The van der Waals surface area contributed by atoms with E-state index < -0.39 is 0 Å². The van der Waals surface area contributed by atoms with Crippen molar-refractivity contribution in [3.05, 3.63) is 34.3 Å². The second-order valence-electron chi connectivity index (χ2n) is 4.20. The highest BCUT2D eigenvalue weighted by Gasteiger charge is 2.25. The summed E-state index contributed by atoms with van der Waals surface area (Å²) in [5, 5.41) is 10.7. The lowest BCUT2D eigenvalue weighted by Crippen LogP contribution is -2.00. The molecule has 0 saturated heterocycles. The molecule has 0 amide bonds. The highest BCUT2D eigenvalue weighted by molar-refractivity contribution is 6.30. The average molecular weight is 211 g/mol. The zero-order valence-electron chi connectivity index (χ0n) is 8.33. The molecule has 1 nitrogen and oxygen atoms in total. The molecule has 1 aliphatic carbocycles. The first-order valence-electron chi connectivity index (χ1n) is 5.11. The Hall–Kier alpha value is -0.530. The number of aryl methyl sites for hydroxylation is 1. The number of aliphatic hydroxyl groups excluding tert-OH is 1. The van der Waals surface area contributed by atoms with Crippen LogP contribution >= 0.6 is 11.6 Å². The maximum absolute atomic E-state index is 9.96. The normalized spacial score (nSPS) is 18.2. The van der Waals surface area contributed by atoms with Crippen LogP contribution in [-0.2, 0) is 0 Å². The van der Waals surface area contributed by atoms with E-state index in [1.54, 1.807) is 0 Å². The van der Waals surface area contributed by atoms with Crippen molar-refractivity contribution in [1.82, 2.24) is 0 Å². The minimum atomic E-state index is -0.306. The van der Waals surface area contributed by atoms with Crippen LogP contribution in [0.4, 0.5) is 0 Å². The lowest BCUT2D eigenvalue weighted by atomic mass is 9.99. The largest absolute Gasteiger partial charge is 0.388 e. The van der Waals surface area contributed by atoms with E-state index in [1.807, 2.05) is 25.1 Å².